The molecule has 0 unspecified atom stereocenters. The number of hydrogen-bond donors (Lipinski definition) is 1. The molecule has 28 heavy (non-hydrogen) atoms. The molecule has 3 aromatic rings. The number of carbonyl (C=O) groups is 1. The zero-order valence-electron chi connectivity index (χ0n) is 15.7. The first-order valence-electron chi connectivity index (χ1n) is 9.07. The normalized spacial score (nSPS) is 10.6. The Morgan fingerprint density at radius 1 is 0.893 bits per heavy atom. The van der Waals surface area contributed by atoms with Crippen LogP contribution in [0.15, 0.2) is 84.0 Å². The van der Waals surface area contributed by atoms with E-state index in [1.807, 2.05) is 61.5 Å². The number of carbonyl (C=O) groups excluding carboxylic acids is 1. The summed E-state index contributed by atoms with van der Waals surface area (Å²) in [5, 5.41) is 4.00. The number of hydrogen-bond acceptors (Lipinski definition) is 4. The molecule has 0 saturated carbocycles. The number of ether oxygens (including phenoxy) is 2. The molecule has 3 aromatic carbocycles. The summed E-state index contributed by atoms with van der Waals surface area (Å²) in [5.74, 6) is 1.23. The number of hydrazone groups is 1. The van der Waals surface area contributed by atoms with E-state index in [1.54, 1.807) is 30.5 Å². The van der Waals surface area contributed by atoms with Crippen LogP contribution in [-0.2, 0) is 6.61 Å². The molecule has 0 aliphatic heterocycles. The Labute approximate surface area is 164 Å². The molecule has 0 aliphatic rings. The molecular formula is C23H22N2O3. The average Bonchev–Trinajstić information content (AvgIpc) is 2.74. The lowest BCUT2D eigenvalue weighted by Gasteiger charge is -2.06. The van der Waals surface area contributed by atoms with Gasteiger partial charge < -0.3 is 9.47 Å². The third kappa shape index (κ3) is 5.71. The minimum Gasteiger partial charge on any atom is -0.494 e. The van der Waals surface area contributed by atoms with Gasteiger partial charge in [0, 0.05) is 5.56 Å². The van der Waals surface area contributed by atoms with Gasteiger partial charge in [-0.15, -0.1) is 0 Å². The molecule has 142 valence electrons. The van der Waals surface area contributed by atoms with Gasteiger partial charge in [-0.05, 0) is 66.6 Å². The maximum atomic E-state index is 12.1. The fourth-order valence-corrected chi connectivity index (χ4v) is 2.49. The summed E-state index contributed by atoms with van der Waals surface area (Å²) >= 11 is 0. The third-order valence-electron chi connectivity index (χ3n) is 3.94. The lowest BCUT2D eigenvalue weighted by atomic mass is 10.2. The van der Waals surface area contributed by atoms with E-state index in [1.165, 1.54) is 0 Å². The van der Waals surface area contributed by atoms with Gasteiger partial charge in [0.2, 0.25) is 0 Å². The van der Waals surface area contributed by atoms with E-state index in [0.717, 1.165) is 22.6 Å². The highest BCUT2D eigenvalue weighted by atomic mass is 16.5. The van der Waals surface area contributed by atoms with Gasteiger partial charge in [-0.1, -0.05) is 30.3 Å². The van der Waals surface area contributed by atoms with Crippen molar-refractivity contribution in [2.45, 2.75) is 13.5 Å². The molecule has 0 aliphatic carbocycles. The van der Waals surface area contributed by atoms with E-state index in [4.69, 9.17) is 9.47 Å². The first kappa shape index (κ1) is 19.2. The van der Waals surface area contributed by atoms with Gasteiger partial charge in [0.15, 0.2) is 0 Å². The van der Waals surface area contributed by atoms with Crippen molar-refractivity contribution in [1.82, 2.24) is 5.43 Å². The highest BCUT2D eigenvalue weighted by Crippen LogP contribution is 2.14. The fourth-order valence-electron chi connectivity index (χ4n) is 2.49. The van der Waals surface area contributed by atoms with Crippen LogP contribution in [0.2, 0.25) is 0 Å². The molecule has 0 radical (unpaired) electrons. The molecule has 1 N–H and O–H groups in total. The topological polar surface area (TPSA) is 59.9 Å². The Hall–Kier alpha value is -3.60. The summed E-state index contributed by atoms with van der Waals surface area (Å²) in [6.45, 7) is 3.02. The van der Waals surface area contributed by atoms with Crippen LogP contribution in [0.4, 0.5) is 0 Å². The van der Waals surface area contributed by atoms with Crippen molar-refractivity contribution in [3.63, 3.8) is 0 Å². The predicted octanol–water partition coefficient (Wildman–Crippen LogP) is 4.43. The smallest absolute Gasteiger partial charge is 0.271 e. The Bertz CT molecular complexity index is 905. The van der Waals surface area contributed by atoms with Gasteiger partial charge in [0.1, 0.15) is 18.1 Å². The lowest BCUT2D eigenvalue weighted by molar-refractivity contribution is 0.0955. The second-order valence-electron chi connectivity index (χ2n) is 6.00. The molecule has 0 saturated heterocycles. The molecule has 0 fully saturated rings. The molecule has 0 bridgehead atoms. The van der Waals surface area contributed by atoms with Gasteiger partial charge in [0.05, 0.1) is 12.8 Å². The molecule has 0 atom stereocenters. The third-order valence-corrected chi connectivity index (χ3v) is 3.94. The highest BCUT2D eigenvalue weighted by molar-refractivity contribution is 5.95. The summed E-state index contributed by atoms with van der Waals surface area (Å²) in [4.78, 5) is 12.1. The van der Waals surface area contributed by atoms with Gasteiger partial charge in [-0.2, -0.15) is 5.10 Å². The summed E-state index contributed by atoms with van der Waals surface area (Å²) in [6.07, 6.45) is 1.59. The van der Waals surface area contributed by atoms with Gasteiger partial charge in [-0.25, -0.2) is 5.43 Å². The number of nitrogens with zero attached hydrogens (tertiary/aromatic N) is 1. The second-order valence-corrected chi connectivity index (χ2v) is 6.00. The minimum atomic E-state index is -0.276. The summed E-state index contributed by atoms with van der Waals surface area (Å²) in [6, 6.07) is 24.4. The van der Waals surface area contributed by atoms with Crippen molar-refractivity contribution in [3.05, 3.63) is 95.6 Å². The molecule has 0 aromatic heterocycles. The maximum absolute atomic E-state index is 12.1. The minimum absolute atomic E-state index is 0.276. The Morgan fingerprint density at radius 3 is 2.21 bits per heavy atom. The van der Waals surface area contributed by atoms with E-state index in [9.17, 15) is 4.79 Å². The van der Waals surface area contributed by atoms with Crippen molar-refractivity contribution in [3.8, 4) is 11.5 Å². The SMILES string of the molecule is CCOc1ccc(C(=O)N/N=C\c2ccc(OCc3ccccc3)cc2)cc1. The average molecular weight is 374 g/mol. The molecule has 0 heterocycles. The van der Waals surface area contributed by atoms with Crippen LogP contribution in [0.5, 0.6) is 11.5 Å². The maximum Gasteiger partial charge on any atom is 0.271 e. The molecule has 0 spiro atoms. The van der Waals surface area contributed by atoms with Gasteiger partial charge in [-0.3, -0.25) is 4.79 Å². The number of benzene rings is 3. The number of nitrogens with one attached hydrogen (secondary N) is 1. The van der Waals surface area contributed by atoms with Crippen molar-refractivity contribution in [2.24, 2.45) is 5.10 Å². The van der Waals surface area contributed by atoms with Crippen molar-refractivity contribution in [2.75, 3.05) is 6.61 Å². The summed E-state index contributed by atoms with van der Waals surface area (Å²) in [7, 11) is 0. The molecule has 5 heteroatoms. The molecular weight excluding hydrogens is 352 g/mol. The first-order chi connectivity index (χ1) is 13.7. The van der Waals surface area contributed by atoms with E-state index in [0.29, 0.717) is 18.8 Å². The van der Waals surface area contributed by atoms with E-state index < -0.39 is 0 Å². The van der Waals surface area contributed by atoms with Crippen LogP contribution in [-0.4, -0.2) is 18.7 Å². The number of amides is 1. The Balaban J connectivity index is 1.49. The van der Waals surface area contributed by atoms with Crippen LogP contribution in [0.3, 0.4) is 0 Å². The highest BCUT2D eigenvalue weighted by Gasteiger charge is 2.04. The van der Waals surface area contributed by atoms with Gasteiger partial charge in [0.25, 0.3) is 5.91 Å². The van der Waals surface area contributed by atoms with Crippen LogP contribution >= 0.6 is 0 Å². The Kier molecular flexibility index (Phi) is 6.79. The summed E-state index contributed by atoms with van der Waals surface area (Å²) in [5.41, 5.74) is 5.01. The lowest BCUT2D eigenvalue weighted by Crippen LogP contribution is -2.17. The van der Waals surface area contributed by atoms with Crippen LogP contribution in [0.1, 0.15) is 28.4 Å². The van der Waals surface area contributed by atoms with E-state index in [-0.39, 0.29) is 5.91 Å². The van der Waals surface area contributed by atoms with Crippen LogP contribution in [0, 0.1) is 0 Å². The predicted molar refractivity (Wildman–Crippen MR) is 110 cm³/mol. The van der Waals surface area contributed by atoms with Crippen molar-refractivity contribution >= 4 is 12.1 Å². The second kappa shape index (κ2) is 9.92. The van der Waals surface area contributed by atoms with E-state index >= 15 is 0 Å². The first-order valence-corrected chi connectivity index (χ1v) is 9.07. The summed E-state index contributed by atoms with van der Waals surface area (Å²) < 4.78 is 11.1. The standard InChI is InChI=1S/C23H22N2O3/c1-2-27-21-14-10-20(11-15-21)23(26)25-24-16-18-8-12-22(13-9-18)28-17-19-6-4-3-5-7-19/h3-16H,2,17H2,1H3,(H,25,26)/b24-16-. The zero-order valence-corrected chi connectivity index (χ0v) is 15.7. The van der Waals surface area contributed by atoms with Crippen LogP contribution in [0.25, 0.3) is 0 Å². The zero-order chi connectivity index (χ0) is 19.6. The van der Waals surface area contributed by atoms with Crippen molar-refractivity contribution in [1.29, 1.82) is 0 Å². The Morgan fingerprint density at radius 2 is 1.54 bits per heavy atom. The largest absolute Gasteiger partial charge is 0.494 e. The monoisotopic (exact) mass is 374 g/mol. The molecule has 5 nitrogen and oxygen atoms in total. The van der Waals surface area contributed by atoms with E-state index in [2.05, 4.69) is 10.5 Å². The number of rotatable bonds is 8. The quantitative estimate of drug-likeness (QED) is 0.469. The molecule has 3 rings (SSSR count). The fraction of sp³-hybridized carbons (Fsp3) is 0.130. The molecule has 1 amide bonds. The van der Waals surface area contributed by atoms with Crippen molar-refractivity contribution < 1.29 is 14.3 Å². The van der Waals surface area contributed by atoms with Crippen LogP contribution < -0.4 is 14.9 Å². The van der Waals surface area contributed by atoms with Gasteiger partial charge >= 0.3 is 0 Å².